The van der Waals surface area contributed by atoms with E-state index in [0.717, 1.165) is 101 Å². The number of hydrogen-bond donors (Lipinski definition) is 5. The van der Waals surface area contributed by atoms with E-state index in [1.54, 1.807) is 60.7 Å². The predicted octanol–water partition coefficient (Wildman–Crippen LogP) is 12.2. The molecule has 6 heterocycles. The lowest BCUT2D eigenvalue weighted by Crippen LogP contribution is -2.28. The Kier molecular flexibility index (Phi) is 43.3. The number of hydrogen-bond acceptors (Lipinski definition) is 34. The molecule has 6 aromatic carbocycles. The zero-order chi connectivity index (χ0) is 102. The highest BCUT2D eigenvalue weighted by molar-refractivity contribution is 7.94. The van der Waals surface area contributed by atoms with Crippen molar-refractivity contribution in [2.24, 2.45) is 0 Å². The second kappa shape index (κ2) is 52.9. The van der Waals surface area contributed by atoms with E-state index >= 15 is 0 Å². The van der Waals surface area contributed by atoms with E-state index in [9.17, 15) is 72.0 Å². The third kappa shape index (κ3) is 33.3. The molecule has 0 atom stereocenters. The summed E-state index contributed by atoms with van der Waals surface area (Å²) in [5, 5.41) is 36.5. The average molecular weight is 2110 g/mol. The van der Waals surface area contributed by atoms with Gasteiger partial charge in [-0.2, -0.15) is 51.5 Å². The number of carbonyl (C=O) groups is 2. The summed E-state index contributed by atoms with van der Waals surface area (Å²) in [6.45, 7) is 20.7. The molecule has 38 nitrogen and oxygen atoms in total. The van der Waals surface area contributed by atoms with Gasteiger partial charge in [0, 0.05) is 143 Å². The van der Waals surface area contributed by atoms with Crippen LogP contribution in [0.3, 0.4) is 0 Å². The Balaban J connectivity index is 0.000000287. The Labute approximate surface area is 823 Å². The summed E-state index contributed by atoms with van der Waals surface area (Å²) >= 11 is 8.94. The van der Waals surface area contributed by atoms with Crippen molar-refractivity contribution in [3.8, 4) is 11.5 Å². The lowest BCUT2D eigenvalue weighted by atomic mass is 9.81. The van der Waals surface area contributed by atoms with Crippen molar-refractivity contribution in [1.29, 1.82) is 0 Å². The number of nitrogens with zero attached hydrogens (tertiary/aromatic N) is 4. The zero-order valence-corrected chi connectivity index (χ0v) is 84.2. The number of anilines is 2. The third-order valence-electron chi connectivity index (χ3n) is 22.7. The molecule has 0 amide bonds. The maximum Gasteiger partial charge on any atom is 0.425 e. The highest BCUT2D eigenvalue weighted by Crippen LogP contribution is 2.51. The molecule has 0 radical (unpaired) electrons. The van der Waals surface area contributed by atoms with E-state index in [1.165, 1.54) is 29.8 Å². The number of unbranched alkanes of at least 4 members (excludes halogenated alkanes) is 4. The maximum atomic E-state index is 12.3. The van der Waals surface area contributed by atoms with Crippen LogP contribution in [-0.4, -0.2) is 205 Å². The number of allylic oxidation sites excluding steroid dienone is 11. The summed E-state index contributed by atoms with van der Waals surface area (Å²) in [6.07, 6.45) is 20.5. The molecule has 756 valence electrons. The first-order valence-corrected chi connectivity index (χ1v) is 53.4. The van der Waals surface area contributed by atoms with Gasteiger partial charge in [-0.3, -0.25) is 37.9 Å². The van der Waals surface area contributed by atoms with Crippen molar-refractivity contribution >= 4 is 144 Å². The van der Waals surface area contributed by atoms with Crippen molar-refractivity contribution in [3.63, 3.8) is 0 Å². The molecule has 0 aromatic heterocycles. The predicted molar refractivity (Wildman–Crippen MR) is 511 cm³/mol. The summed E-state index contributed by atoms with van der Waals surface area (Å²) in [7, 11) is -23.5. The Morgan fingerprint density at radius 3 is 1.27 bits per heavy atom. The van der Waals surface area contributed by atoms with Gasteiger partial charge < -0.3 is 58.6 Å². The second-order valence-corrected chi connectivity index (χ2v) is 42.1. The van der Waals surface area contributed by atoms with Crippen LogP contribution >= 0.6 is 35.7 Å². The first-order chi connectivity index (χ1) is 65.7. The number of ether oxygens (including phenoxy) is 7. The number of phenolic OH excluding ortho intramolecular Hbond substituents is 1. The highest BCUT2D eigenvalue weighted by atomic mass is 35.5. The molecule has 12 rings (SSSR count). The fourth-order valence-corrected chi connectivity index (χ4v) is 19.5. The Bertz CT molecular complexity index is 6360. The van der Waals surface area contributed by atoms with Gasteiger partial charge in [0.15, 0.2) is 22.9 Å². The molecule has 6 aliphatic rings. The lowest BCUT2D eigenvalue weighted by molar-refractivity contribution is -0.777. The summed E-state index contributed by atoms with van der Waals surface area (Å²) in [4.78, 5) is 23.9. The number of rotatable bonds is 42. The molecule has 6 aliphatic heterocycles. The summed E-state index contributed by atoms with van der Waals surface area (Å²) in [6, 6.07) is 39.4. The Hall–Kier alpha value is -10.4. The maximum absolute atomic E-state index is 12.3. The summed E-state index contributed by atoms with van der Waals surface area (Å²) in [5.74, 6) is 2.84. The molecule has 0 unspecified atom stereocenters. The normalized spacial score (nSPS) is 17.3. The highest BCUT2D eigenvalue weighted by Gasteiger charge is 2.47. The SMILES string of the molecule is CC1(C)C(/C=C/C2=C(Cl)C(=C/C=C3/N(CCCCS(=O)(=O)O)c4ccc(S(=O)(=O)O)cc4C3(C)C)/OCCO2)=[N+](CCCCSOO[O-])c2ccccc21.CC1(C)C(/C=C/C2=C(Oc3ccc(CCOC=O)cc3)C(=C/C=C3/N(CCCCS(=O)(=O)O)c4ccc(S(=O)(=O)O)cc4C3(C)C)/OCCO2)=[N+](CCCCSOO[O-])c2ccccc21.O=COCCc1ccc(O)cc1.O=S(=O)=O.O=S(=O)=O. The smallest absolute Gasteiger partial charge is 0.425 e. The van der Waals surface area contributed by atoms with Gasteiger partial charge in [-0.15, -0.1) is 25.3 Å². The number of phenols is 1. The standard InChI is InChI=1S/C46H54N2O14S3.C37H45ClN2O11S3.C9H10O3.2O3S/c1-45(2)36-11-5-6-12-38(36)47(24-7-9-29-63-62-61-50)42(45)21-19-40-44(60-34-15-13-33(14-16-34)23-26-57-32-49)41(59-28-27-58-40)20-22-43-46(3,4)37-31-35(65(54,55)56)17-18-39(37)48(43)25-8-10-30-64(51,52)53;1-36(2)27-11-5-6-12-29(27)39(19-7-9-23-52-51-50-41)33(36)17-15-31-35(38)32(49-22-21-48-31)16-18-34-37(3,4)28-25-26(54(45,46)47)13-14-30(28)40(34)20-8-10-24-53(42,43)44;10-7-12-6-5-8-1-3-9(11)4-2-8;2*1-4(2)3/h5-6,11-22,31-32H,7-10,23-30H2,1-4H3,(H2-,50,51,52,53,54,55,56);5-6,11-18,25H,7-10,19-24H2,1-4H3,(H2-,41,42,43,44,45,46,47);1-4,7,11H,5-6H2;;. The number of benzene rings is 6. The minimum absolute atomic E-state index is 0.161. The van der Waals surface area contributed by atoms with E-state index < -0.39 is 83.7 Å². The Morgan fingerprint density at radius 2 is 0.856 bits per heavy atom. The molecule has 5 N–H and O–H groups in total. The number of aromatic hydroxyl groups is 1. The first kappa shape index (κ1) is 114. The van der Waals surface area contributed by atoms with Gasteiger partial charge in [-0.05, 0) is 186 Å². The van der Waals surface area contributed by atoms with Crippen molar-refractivity contribution in [3.05, 3.63) is 261 Å². The number of carbonyl (C=O) groups excluding carboxylic acids is 2. The number of para-hydroxylation sites is 2. The van der Waals surface area contributed by atoms with E-state index in [1.807, 2.05) is 110 Å². The zero-order valence-electron chi connectivity index (χ0n) is 77.0. The van der Waals surface area contributed by atoms with Gasteiger partial charge in [-0.1, -0.05) is 100.0 Å². The van der Waals surface area contributed by atoms with Crippen LogP contribution in [0.1, 0.15) is 140 Å². The van der Waals surface area contributed by atoms with Crippen LogP contribution in [0.2, 0.25) is 0 Å². The van der Waals surface area contributed by atoms with E-state index in [2.05, 4.69) is 84.6 Å². The summed E-state index contributed by atoms with van der Waals surface area (Å²) < 4.78 is 238. The molecule has 0 bridgehead atoms. The molecular formula is C92H109ClN4O34S8. The lowest BCUT2D eigenvalue weighted by Gasteiger charge is -2.27. The van der Waals surface area contributed by atoms with Gasteiger partial charge in [0.1, 0.15) is 67.6 Å². The average Bonchev–Trinajstić information content (AvgIpc) is 1.62. The number of fused-ring (bicyclic) bond motifs is 4. The molecule has 139 heavy (non-hydrogen) atoms. The first-order valence-electron chi connectivity index (χ1n) is 43.1. The second-order valence-electron chi connectivity index (χ2n) is 33.4. The van der Waals surface area contributed by atoms with Crippen LogP contribution in [0.4, 0.5) is 22.7 Å². The monoisotopic (exact) mass is 2100 g/mol. The molecule has 0 spiro atoms. The summed E-state index contributed by atoms with van der Waals surface area (Å²) in [5.41, 5.74) is 10.3. The van der Waals surface area contributed by atoms with E-state index in [-0.39, 0.29) is 83.4 Å². The van der Waals surface area contributed by atoms with Crippen LogP contribution in [0.15, 0.2) is 237 Å². The van der Waals surface area contributed by atoms with Crippen molar-refractivity contribution in [1.82, 2.24) is 0 Å². The van der Waals surface area contributed by atoms with Gasteiger partial charge in [0.2, 0.25) is 17.1 Å². The molecule has 0 fully saturated rings. The van der Waals surface area contributed by atoms with Crippen LogP contribution < -0.4 is 25.1 Å². The Morgan fingerprint density at radius 1 is 0.468 bits per heavy atom. The number of halogens is 1. The van der Waals surface area contributed by atoms with Gasteiger partial charge in [0.05, 0.1) is 45.3 Å². The topological polar surface area (TPSA) is 534 Å². The molecule has 47 heteroatoms. The van der Waals surface area contributed by atoms with Crippen molar-refractivity contribution in [2.75, 3.05) is 98.6 Å². The van der Waals surface area contributed by atoms with Crippen LogP contribution in [0.25, 0.3) is 0 Å². The fraction of sp³-hybridized carbons (Fsp3) is 0.391. The minimum atomic E-state index is -4.53. The van der Waals surface area contributed by atoms with Crippen LogP contribution in [0, 0.1) is 0 Å². The molecule has 0 aliphatic carbocycles. The molecule has 6 aromatic rings. The molecule has 0 saturated carbocycles. The fourth-order valence-electron chi connectivity index (χ4n) is 16.2. The van der Waals surface area contributed by atoms with Crippen LogP contribution in [-0.2, 0) is 153 Å². The van der Waals surface area contributed by atoms with Gasteiger partial charge in [-0.25, -0.2) is 0 Å². The minimum Gasteiger partial charge on any atom is -0.691 e. The quantitative estimate of drug-likeness (QED) is 0.00452. The van der Waals surface area contributed by atoms with Gasteiger partial charge in [0.25, 0.3) is 53.4 Å². The largest absolute Gasteiger partial charge is 0.691 e. The molecular weight excluding hydrogens is 2000 g/mol. The van der Waals surface area contributed by atoms with Crippen LogP contribution in [0.5, 0.6) is 11.5 Å². The third-order valence-corrected chi connectivity index (χ3v) is 27.6. The van der Waals surface area contributed by atoms with Crippen molar-refractivity contribution in [2.45, 2.75) is 151 Å². The van der Waals surface area contributed by atoms with Gasteiger partial charge >= 0.3 is 21.2 Å². The molecule has 0 saturated heterocycles. The van der Waals surface area contributed by atoms with E-state index in [0.29, 0.717) is 133 Å². The van der Waals surface area contributed by atoms with E-state index in [4.69, 9.17) is 70.4 Å². The van der Waals surface area contributed by atoms with Crippen molar-refractivity contribution < 1.29 is 163 Å².